The summed E-state index contributed by atoms with van der Waals surface area (Å²) in [5, 5.41) is 7.77. The molecule has 0 aliphatic heterocycles. The Hall–Kier alpha value is -4.00. The van der Waals surface area contributed by atoms with Crippen LogP contribution in [0, 0.1) is 11.6 Å². The second-order valence-electron chi connectivity index (χ2n) is 9.01. The molecule has 5 nitrogen and oxygen atoms in total. The lowest BCUT2D eigenvalue weighted by Crippen LogP contribution is -2.24. The lowest BCUT2D eigenvalue weighted by Gasteiger charge is -2.16. The zero-order chi connectivity index (χ0) is 25.8. The molecular weight excluding hydrogens is 460 g/mol. The summed E-state index contributed by atoms with van der Waals surface area (Å²) in [6.07, 6.45) is 0. The quantitative estimate of drug-likeness (QED) is 0.230. The highest BCUT2D eigenvalue weighted by molar-refractivity contribution is 6.10. The van der Waals surface area contributed by atoms with Crippen LogP contribution < -0.4 is 5.32 Å². The number of aromatic nitrogens is 1. The van der Waals surface area contributed by atoms with Crippen molar-refractivity contribution in [2.24, 2.45) is 5.16 Å². The second-order valence-corrected chi connectivity index (χ2v) is 9.01. The summed E-state index contributed by atoms with van der Waals surface area (Å²) >= 11 is 0. The van der Waals surface area contributed by atoms with Crippen molar-refractivity contribution in [1.29, 1.82) is 0 Å². The van der Waals surface area contributed by atoms with Crippen molar-refractivity contribution in [1.82, 2.24) is 9.88 Å². The molecule has 3 aromatic carbocycles. The average Bonchev–Trinajstić information content (AvgIpc) is 3.19. The van der Waals surface area contributed by atoms with E-state index in [1.165, 1.54) is 13.2 Å². The third kappa shape index (κ3) is 5.15. The van der Waals surface area contributed by atoms with E-state index in [9.17, 15) is 13.6 Å². The lowest BCUT2D eigenvalue weighted by molar-refractivity contribution is 0.0951. The monoisotopic (exact) mass is 489 g/mol. The molecule has 4 aromatic rings. The molecule has 0 aliphatic carbocycles. The number of rotatable bonds is 8. The zero-order valence-corrected chi connectivity index (χ0v) is 20.8. The van der Waals surface area contributed by atoms with E-state index in [0.717, 1.165) is 45.6 Å². The molecule has 0 atom stereocenters. The molecule has 7 heteroatoms. The summed E-state index contributed by atoms with van der Waals surface area (Å²) in [6, 6.07) is 19.6. The number of carbonyl (C=O) groups is 1. The third-order valence-corrected chi connectivity index (χ3v) is 6.15. The number of oxime groups is 1. The molecule has 0 aliphatic rings. The number of benzene rings is 3. The van der Waals surface area contributed by atoms with Crippen molar-refractivity contribution in [3.05, 3.63) is 106 Å². The van der Waals surface area contributed by atoms with Gasteiger partial charge in [-0.2, -0.15) is 0 Å². The number of nitrogens with one attached hydrogen (secondary N) is 1. The SMILES string of the molecule is CON=C(C)c1ccc2c(C(=O)NCc3ccc(F)c(F)c3)c(C(C)C)n(Cc3ccccc3)c2c1. The highest BCUT2D eigenvalue weighted by Crippen LogP contribution is 2.33. The highest BCUT2D eigenvalue weighted by Gasteiger charge is 2.25. The van der Waals surface area contributed by atoms with Crippen molar-refractivity contribution in [3.63, 3.8) is 0 Å². The predicted octanol–water partition coefficient (Wildman–Crippen LogP) is 6.39. The van der Waals surface area contributed by atoms with Crippen molar-refractivity contribution >= 4 is 22.5 Å². The van der Waals surface area contributed by atoms with Gasteiger partial charge in [0.1, 0.15) is 7.11 Å². The molecule has 1 heterocycles. The van der Waals surface area contributed by atoms with E-state index >= 15 is 0 Å². The van der Waals surface area contributed by atoms with E-state index in [2.05, 4.69) is 41.0 Å². The first kappa shape index (κ1) is 25.1. The third-order valence-electron chi connectivity index (χ3n) is 6.15. The van der Waals surface area contributed by atoms with Gasteiger partial charge in [0.25, 0.3) is 5.91 Å². The van der Waals surface area contributed by atoms with E-state index in [-0.39, 0.29) is 18.4 Å². The van der Waals surface area contributed by atoms with Crippen LogP contribution in [0.3, 0.4) is 0 Å². The normalized spacial score (nSPS) is 11.8. The van der Waals surface area contributed by atoms with E-state index in [1.807, 2.05) is 43.3 Å². The first-order valence-corrected chi connectivity index (χ1v) is 11.8. The topological polar surface area (TPSA) is 55.6 Å². The van der Waals surface area contributed by atoms with Crippen LogP contribution >= 0.6 is 0 Å². The Morgan fingerprint density at radius 2 is 1.75 bits per heavy atom. The minimum Gasteiger partial charge on any atom is -0.399 e. The Labute approximate surface area is 209 Å². The van der Waals surface area contributed by atoms with Gasteiger partial charge in [0.05, 0.1) is 16.8 Å². The molecule has 0 saturated heterocycles. The Kier molecular flexibility index (Phi) is 7.48. The molecule has 0 fully saturated rings. The molecule has 0 unspecified atom stereocenters. The summed E-state index contributed by atoms with van der Waals surface area (Å²) in [5.41, 5.74) is 5.58. The highest BCUT2D eigenvalue weighted by atomic mass is 19.2. The Balaban J connectivity index is 1.82. The maximum atomic E-state index is 13.7. The molecule has 4 rings (SSSR count). The minimum atomic E-state index is -0.940. The molecule has 0 spiro atoms. The zero-order valence-electron chi connectivity index (χ0n) is 20.8. The second kappa shape index (κ2) is 10.7. The number of nitrogens with zero attached hydrogens (tertiary/aromatic N) is 2. The molecule has 1 aromatic heterocycles. The van der Waals surface area contributed by atoms with E-state index in [4.69, 9.17) is 4.84 Å². The molecule has 186 valence electrons. The van der Waals surface area contributed by atoms with Crippen LogP contribution in [0.2, 0.25) is 0 Å². The minimum absolute atomic E-state index is 0.0438. The molecular formula is C29H29F2N3O2. The molecule has 36 heavy (non-hydrogen) atoms. The van der Waals surface area contributed by atoms with Gasteiger partial charge in [-0.3, -0.25) is 4.79 Å². The van der Waals surface area contributed by atoms with E-state index in [1.54, 1.807) is 0 Å². The summed E-state index contributed by atoms with van der Waals surface area (Å²) < 4.78 is 29.2. The van der Waals surface area contributed by atoms with E-state index < -0.39 is 11.6 Å². The molecule has 1 amide bonds. The summed E-state index contributed by atoms with van der Waals surface area (Å²) in [4.78, 5) is 18.5. The maximum Gasteiger partial charge on any atom is 0.254 e. The smallest absolute Gasteiger partial charge is 0.254 e. The van der Waals surface area contributed by atoms with Crippen molar-refractivity contribution < 1.29 is 18.4 Å². The summed E-state index contributed by atoms with van der Waals surface area (Å²) in [5.74, 6) is -2.08. The summed E-state index contributed by atoms with van der Waals surface area (Å²) in [7, 11) is 1.51. The van der Waals surface area contributed by atoms with Gasteiger partial charge in [-0.25, -0.2) is 8.78 Å². The van der Waals surface area contributed by atoms with Crippen LogP contribution in [0.15, 0.2) is 71.9 Å². The Morgan fingerprint density at radius 1 is 1.00 bits per heavy atom. The van der Waals surface area contributed by atoms with E-state index in [0.29, 0.717) is 17.7 Å². The fourth-order valence-electron chi connectivity index (χ4n) is 4.48. The number of fused-ring (bicyclic) bond motifs is 1. The van der Waals surface area contributed by atoms with Crippen LogP contribution in [-0.4, -0.2) is 23.3 Å². The standard InChI is InChI=1S/C29H29F2N3O2/c1-18(2)28-27(29(35)32-16-21-10-13-24(30)25(31)14-21)23-12-11-22(19(3)33-36-4)15-26(23)34(28)17-20-8-6-5-7-9-20/h5-15,18H,16-17H2,1-4H3,(H,32,35). The fourth-order valence-corrected chi connectivity index (χ4v) is 4.48. The van der Waals surface area contributed by atoms with Crippen LogP contribution in [0.5, 0.6) is 0 Å². The molecule has 1 N–H and O–H groups in total. The number of hydrogen-bond acceptors (Lipinski definition) is 3. The van der Waals surface area contributed by atoms with Gasteiger partial charge in [0, 0.05) is 29.7 Å². The van der Waals surface area contributed by atoms with Gasteiger partial charge >= 0.3 is 0 Å². The Morgan fingerprint density at radius 3 is 2.42 bits per heavy atom. The fraction of sp³-hybridized carbons (Fsp3) is 0.241. The Bertz CT molecular complexity index is 1430. The van der Waals surface area contributed by atoms with Crippen LogP contribution in [0.4, 0.5) is 8.78 Å². The van der Waals surface area contributed by atoms with Gasteiger partial charge in [0.2, 0.25) is 0 Å². The predicted molar refractivity (Wildman–Crippen MR) is 138 cm³/mol. The number of halogens is 2. The molecule has 0 radical (unpaired) electrons. The van der Waals surface area contributed by atoms with Crippen molar-refractivity contribution in [2.45, 2.75) is 39.8 Å². The van der Waals surface area contributed by atoms with Gasteiger partial charge in [-0.1, -0.05) is 67.5 Å². The van der Waals surface area contributed by atoms with Crippen LogP contribution in [0.1, 0.15) is 59.4 Å². The van der Waals surface area contributed by atoms with Crippen LogP contribution in [0.25, 0.3) is 10.9 Å². The van der Waals surface area contributed by atoms with Gasteiger partial charge in [-0.15, -0.1) is 0 Å². The van der Waals surface area contributed by atoms with Gasteiger partial charge < -0.3 is 14.7 Å². The average molecular weight is 490 g/mol. The first-order valence-electron chi connectivity index (χ1n) is 11.8. The van der Waals surface area contributed by atoms with Gasteiger partial charge in [-0.05, 0) is 42.2 Å². The number of carbonyl (C=O) groups excluding carboxylic acids is 1. The number of hydrogen-bond donors (Lipinski definition) is 1. The summed E-state index contributed by atoms with van der Waals surface area (Å²) in [6.45, 7) is 6.65. The lowest BCUT2D eigenvalue weighted by atomic mass is 10.0. The van der Waals surface area contributed by atoms with Crippen LogP contribution in [-0.2, 0) is 17.9 Å². The molecule has 0 saturated carbocycles. The van der Waals surface area contributed by atoms with Gasteiger partial charge in [0.15, 0.2) is 11.6 Å². The first-order chi connectivity index (χ1) is 17.3. The number of amides is 1. The van der Waals surface area contributed by atoms with Crippen molar-refractivity contribution in [2.75, 3.05) is 7.11 Å². The largest absolute Gasteiger partial charge is 0.399 e. The van der Waals surface area contributed by atoms with Crippen molar-refractivity contribution in [3.8, 4) is 0 Å². The molecule has 0 bridgehead atoms. The maximum absolute atomic E-state index is 13.7.